The van der Waals surface area contributed by atoms with E-state index in [2.05, 4.69) is 16.0 Å². The van der Waals surface area contributed by atoms with Crippen molar-refractivity contribution >= 4 is 24.2 Å². The van der Waals surface area contributed by atoms with Gasteiger partial charge < -0.3 is 31.2 Å². The summed E-state index contributed by atoms with van der Waals surface area (Å²) in [4.78, 5) is 50.3. The Labute approximate surface area is 218 Å². The molecule has 1 unspecified atom stereocenters. The molecule has 0 aliphatic rings. The van der Waals surface area contributed by atoms with Gasteiger partial charge in [0.05, 0.1) is 6.04 Å². The molecule has 0 fully saturated rings. The summed E-state index contributed by atoms with van der Waals surface area (Å²) in [6.07, 6.45) is 1.49. The van der Waals surface area contributed by atoms with Crippen LogP contribution in [-0.2, 0) is 32.1 Å². The molecule has 5 N–H and O–H groups in total. The Kier molecular flexibility index (Phi) is 12.8. The molecule has 0 bridgehead atoms. The number of hydrogen-bond donors (Lipinski definition) is 4. The van der Waals surface area contributed by atoms with Crippen molar-refractivity contribution in [3.63, 3.8) is 0 Å². The van der Waals surface area contributed by atoms with Gasteiger partial charge in [0, 0.05) is 6.42 Å². The molecule has 9 heteroatoms. The van der Waals surface area contributed by atoms with Crippen molar-refractivity contribution in [1.29, 1.82) is 0 Å². The number of alkyl carbamates (subject to hydrolysis) is 1. The highest BCUT2D eigenvalue weighted by Crippen LogP contribution is 2.09. The highest BCUT2D eigenvalue weighted by atomic mass is 16.5. The molecular weight excluding hydrogens is 472 g/mol. The molecule has 0 heterocycles. The van der Waals surface area contributed by atoms with Gasteiger partial charge in [-0.3, -0.25) is 9.59 Å². The van der Waals surface area contributed by atoms with Crippen LogP contribution in [0.2, 0.25) is 0 Å². The molecule has 0 spiro atoms. The molecule has 3 amide bonds. The Bertz CT molecular complexity index is 985. The van der Waals surface area contributed by atoms with Crippen LogP contribution in [0.25, 0.3) is 0 Å². The predicted molar refractivity (Wildman–Crippen MR) is 141 cm³/mol. The standard InChI is InChI=1S/C28H38N4O5/c1-20(2)16-24(26(34)30-23(18-33)14-9-15-29)31-27(35)25(17-21-10-5-3-6-11-21)32-28(36)37-19-22-12-7-4-8-13-22/h3-8,10-13,18,20,23-25H,9,14-17,19,29H2,1-2H3,(H,30,34)(H,31,35)(H,32,36)/t23?,24-,25-/m0/s1. The highest BCUT2D eigenvalue weighted by molar-refractivity contribution is 5.92. The van der Waals surface area contributed by atoms with E-state index in [1.54, 1.807) is 0 Å². The lowest BCUT2D eigenvalue weighted by molar-refractivity contribution is -0.131. The number of benzene rings is 2. The molecule has 200 valence electrons. The van der Waals surface area contributed by atoms with Crippen LogP contribution in [0.5, 0.6) is 0 Å². The van der Waals surface area contributed by atoms with Crippen molar-refractivity contribution in [2.45, 2.75) is 64.3 Å². The van der Waals surface area contributed by atoms with Crippen molar-refractivity contribution in [3.05, 3.63) is 71.8 Å². The fourth-order valence-electron chi connectivity index (χ4n) is 3.74. The number of hydrogen-bond acceptors (Lipinski definition) is 6. The summed E-state index contributed by atoms with van der Waals surface area (Å²) in [6.45, 7) is 4.32. The Hall–Kier alpha value is -3.72. The summed E-state index contributed by atoms with van der Waals surface area (Å²) in [6, 6.07) is 15.9. The predicted octanol–water partition coefficient (Wildman–Crippen LogP) is 2.48. The van der Waals surface area contributed by atoms with E-state index in [4.69, 9.17) is 10.5 Å². The summed E-state index contributed by atoms with van der Waals surface area (Å²) in [5.41, 5.74) is 7.16. The number of carbonyl (C=O) groups is 4. The molecule has 2 aromatic rings. The second-order valence-electron chi connectivity index (χ2n) is 9.32. The Morgan fingerprint density at radius 1 is 0.865 bits per heavy atom. The zero-order valence-electron chi connectivity index (χ0n) is 21.5. The Morgan fingerprint density at radius 3 is 2.03 bits per heavy atom. The van der Waals surface area contributed by atoms with E-state index < -0.39 is 36.0 Å². The molecular formula is C28H38N4O5. The van der Waals surface area contributed by atoms with Crippen molar-refractivity contribution in [3.8, 4) is 0 Å². The largest absolute Gasteiger partial charge is 0.445 e. The first-order valence-corrected chi connectivity index (χ1v) is 12.6. The molecule has 0 aliphatic heterocycles. The number of aldehydes is 1. The van der Waals surface area contributed by atoms with Crippen LogP contribution in [0.1, 0.15) is 44.2 Å². The van der Waals surface area contributed by atoms with Crippen molar-refractivity contribution in [2.24, 2.45) is 11.7 Å². The van der Waals surface area contributed by atoms with E-state index >= 15 is 0 Å². The summed E-state index contributed by atoms with van der Waals surface area (Å²) in [5.74, 6) is -0.890. The maximum absolute atomic E-state index is 13.3. The molecule has 0 radical (unpaired) electrons. The van der Waals surface area contributed by atoms with Crippen LogP contribution in [0.15, 0.2) is 60.7 Å². The second kappa shape index (κ2) is 16.1. The van der Waals surface area contributed by atoms with Gasteiger partial charge in [0.1, 0.15) is 25.0 Å². The number of ether oxygens (including phenoxy) is 1. The fraction of sp³-hybridized carbons (Fsp3) is 0.429. The van der Waals surface area contributed by atoms with Gasteiger partial charge in [-0.15, -0.1) is 0 Å². The number of amides is 3. The van der Waals surface area contributed by atoms with E-state index in [0.717, 1.165) is 11.1 Å². The molecule has 0 saturated carbocycles. The van der Waals surface area contributed by atoms with Crippen LogP contribution in [0.3, 0.4) is 0 Å². The van der Waals surface area contributed by atoms with Crippen LogP contribution in [0.4, 0.5) is 4.79 Å². The third kappa shape index (κ3) is 11.3. The van der Waals surface area contributed by atoms with Gasteiger partial charge >= 0.3 is 6.09 Å². The third-order valence-corrected chi connectivity index (χ3v) is 5.66. The van der Waals surface area contributed by atoms with Crippen molar-refractivity contribution < 1.29 is 23.9 Å². The van der Waals surface area contributed by atoms with Gasteiger partial charge in [0.2, 0.25) is 11.8 Å². The molecule has 0 saturated heterocycles. The van der Waals surface area contributed by atoms with Gasteiger partial charge in [0.25, 0.3) is 0 Å². The first-order valence-electron chi connectivity index (χ1n) is 12.6. The van der Waals surface area contributed by atoms with Gasteiger partial charge in [-0.05, 0) is 42.9 Å². The molecule has 0 aromatic heterocycles. The quantitative estimate of drug-likeness (QED) is 0.272. The maximum atomic E-state index is 13.3. The van der Waals surface area contributed by atoms with E-state index in [1.807, 2.05) is 74.5 Å². The number of rotatable bonds is 15. The lowest BCUT2D eigenvalue weighted by Gasteiger charge is -2.25. The lowest BCUT2D eigenvalue weighted by atomic mass is 10.0. The summed E-state index contributed by atoms with van der Waals surface area (Å²) < 4.78 is 5.31. The lowest BCUT2D eigenvalue weighted by Crippen LogP contribution is -2.56. The van der Waals surface area contributed by atoms with E-state index in [1.165, 1.54) is 0 Å². The molecule has 0 aliphatic carbocycles. The Balaban J connectivity index is 2.12. The zero-order chi connectivity index (χ0) is 27.0. The smallest absolute Gasteiger partial charge is 0.408 e. The van der Waals surface area contributed by atoms with Crippen molar-refractivity contribution in [2.75, 3.05) is 6.54 Å². The molecule has 3 atom stereocenters. The van der Waals surface area contributed by atoms with Gasteiger partial charge in [-0.2, -0.15) is 0 Å². The minimum absolute atomic E-state index is 0.0562. The Morgan fingerprint density at radius 2 is 1.46 bits per heavy atom. The van der Waals surface area contributed by atoms with Gasteiger partial charge in [-0.25, -0.2) is 4.79 Å². The normalized spacial score (nSPS) is 13.2. The van der Waals surface area contributed by atoms with Crippen LogP contribution >= 0.6 is 0 Å². The summed E-state index contributed by atoms with van der Waals surface area (Å²) in [5, 5.41) is 8.10. The van der Waals surface area contributed by atoms with Crippen LogP contribution in [0, 0.1) is 5.92 Å². The monoisotopic (exact) mass is 510 g/mol. The van der Waals surface area contributed by atoms with E-state index in [9.17, 15) is 19.2 Å². The van der Waals surface area contributed by atoms with Crippen LogP contribution in [-0.4, -0.2) is 48.9 Å². The highest BCUT2D eigenvalue weighted by Gasteiger charge is 2.29. The maximum Gasteiger partial charge on any atom is 0.408 e. The van der Waals surface area contributed by atoms with Crippen LogP contribution < -0.4 is 21.7 Å². The molecule has 37 heavy (non-hydrogen) atoms. The first-order chi connectivity index (χ1) is 17.8. The molecule has 2 aromatic carbocycles. The fourth-order valence-corrected chi connectivity index (χ4v) is 3.74. The van der Waals surface area contributed by atoms with Crippen molar-refractivity contribution in [1.82, 2.24) is 16.0 Å². The number of carbonyl (C=O) groups excluding carboxylic acids is 4. The van der Waals surface area contributed by atoms with E-state index in [-0.39, 0.29) is 18.9 Å². The van der Waals surface area contributed by atoms with E-state index in [0.29, 0.717) is 32.1 Å². The summed E-state index contributed by atoms with van der Waals surface area (Å²) in [7, 11) is 0. The molecule has 9 nitrogen and oxygen atoms in total. The SMILES string of the molecule is CC(C)C[C@H](NC(=O)[C@H](Cc1ccccc1)NC(=O)OCc1ccccc1)C(=O)NC(C=O)CCCN. The minimum atomic E-state index is -0.979. The molecule has 2 rings (SSSR count). The van der Waals surface area contributed by atoms with Gasteiger partial charge in [-0.1, -0.05) is 74.5 Å². The topological polar surface area (TPSA) is 140 Å². The summed E-state index contributed by atoms with van der Waals surface area (Å²) >= 11 is 0. The number of nitrogens with one attached hydrogen (secondary N) is 3. The zero-order valence-corrected chi connectivity index (χ0v) is 21.5. The number of nitrogens with two attached hydrogens (primary N) is 1. The first kappa shape index (κ1) is 29.5. The van der Waals surface area contributed by atoms with Gasteiger partial charge in [0.15, 0.2) is 0 Å². The minimum Gasteiger partial charge on any atom is -0.445 e. The average molecular weight is 511 g/mol. The average Bonchev–Trinajstić information content (AvgIpc) is 2.89. The second-order valence-corrected chi connectivity index (χ2v) is 9.32. The third-order valence-electron chi connectivity index (χ3n) is 5.66.